The Morgan fingerprint density at radius 1 is 1.30 bits per heavy atom. The largest absolute Gasteiger partial charge is 0.396 e. The van der Waals surface area contributed by atoms with Crippen molar-refractivity contribution in [3.63, 3.8) is 0 Å². The first kappa shape index (κ1) is 7.90. The highest BCUT2D eigenvalue weighted by Gasteiger charge is 2.22. The molecule has 0 spiro atoms. The summed E-state index contributed by atoms with van der Waals surface area (Å²) in [6, 6.07) is -0.0498. The number of hydrazine groups is 2. The third-order valence-electron chi connectivity index (χ3n) is 1.71. The predicted molar refractivity (Wildman–Crippen MR) is 35.7 cm³/mol. The van der Waals surface area contributed by atoms with Crippen LogP contribution in [0.1, 0.15) is 0 Å². The normalized spacial score (nSPS) is 34.2. The Morgan fingerprint density at radius 2 is 2.10 bits per heavy atom. The maximum atomic E-state index is 8.77. The highest BCUT2D eigenvalue weighted by atomic mass is 16.3. The van der Waals surface area contributed by atoms with Crippen LogP contribution >= 0.6 is 0 Å². The third-order valence-corrected chi connectivity index (χ3v) is 1.71. The molecule has 0 bridgehead atoms. The van der Waals surface area contributed by atoms with Crippen LogP contribution in [0.5, 0.6) is 0 Å². The number of aliphatic hydroxyl groups excluding tert-OH is 2. The lowest BCUT2D eigenvalue weighted by Gasteiger charge is -2.30. The average Bonchev–Trinajstić information content (AvgIpc) is 2.04. The molecule has 0 aliphatic carbocycles. The van der Waals surface area contributed by atoms with Crippen molar-refractivity contribution < 1.29 is 10.2 Å². The maximum absolute atomic E-state index is 8.77. The highest BCUT2D eigenvalue weighted by Crippen LogP contribution is 2.02. The van der Waals surface area contributed by atoms with Crippen LogP contribution in [-0.2, 0) is 0 Å². The third kappa shape index (κ3) is 1.65. The van der Waals surface area contributed by atoms with Gasteiger partial charge >= 0.3 is 0 Å². The summed E-state index contributed by atoms with van der Waals surface area (Å²) in [7, 11) is 0. The summed E-state index contributed by atoms with van der Waals surface area (Å²) < 4.78 is 0. The minimum absolute atomic E-state index is 0.0416. The smallest absolute Gasteiger partial charge is 0.0602 e. The van der Waals surface area contributed by atoms with Gasteiger partial charge in [-0.25, -0.2) is 10.9 Å². The van der Waals surface area contributed by atoms with Crippen LogP contribution in [0.4, 0.5) is 0 Å². The van der Waals surface area contributed by atoms with Crippen LogP contribution in [0.3, 0.4) is 0 Å². The molecule has 0 radical (unpaired) electrons. The SMILES string of the molecule is OCC1CNNNC1CO. The van der Waals surface area contributed by atoms with Gasteiger partial charge in [0, 0.05) is 19.1 Å². The van der Waals surface area contributed by atoms with Crippen LogP contribution in [0.25, 0.3) is 0 Å². The Morgan fingerprint density at radius 3 is 2.60 bits per heavy atom. The number of rotatable bonds is 2. The van der Waals surface area contributed by atoms with Crippen molar-refractivity contribution >= 4 is 0 Å². The molecule has 1 aliphatic heterocycles. The summed E-state index contributed by atoms with van der Waals surface area (Å²) in [6.45, 7) is 0.807. The molecular formula is C5H13N3O2. The van der Waals surface area contributed by atoms with Crippen LogP contribution < -0.4 is 16.4 Å². The molecule has 5 heteroatoms. The Labute approximate surface area is 59.4 Å². The lowest BCUT2D eigenvalue weighted by atomic mass is 10.0. The molecule has 1 saturated heterocycles. The van der Waals surface area contributed by atoms with E-state index in [1.54, 1.807) is 0 Å². The molecule has 0 aromatic heterocycles. The first-order valence-corrected chi connectivity index (χ1v) is 3.33. The summed E-state index contributed by atoms with van der Waals surface area (Å²) in [5.41, 5.74) is 8.30. The predicted octanol–water partition coefficient (Wildman–Crippen LogP) is -2.43. The van der Waals surface area contributed by atoms with Crippen molar-refractivity contribution in [2.75, 3.05) is 19.8 Å². The summed E-state index contributed by atoms with van der Waals surface area (Å²) >= 11 is 0. The van der Waals surface area contributed by atoms with Gasteiger partial charge in [0.1, 0.15) is 0 Å². The van der Waals surface area contributed by atoms with Crippen molar-refractivity contribution in [2.24, 2.45) is 5.92 Å². The second-order valence-corrected chi connectivity index (χ2v) is 2.38. The molecule has 2 atom stereocenters. The van der Waals surface area contributed by atoms with Gasteiger partial charge in [-0.2, -0.15) is 5.53 Å². The fourth-order valence-corrected chi connectivity index (χ4v) is 0.972. The Kier molecular flexibility index (Phi) is 3.04. The number of aliphatic hydroxyl groups is 2. The maximum Gasteiger partial charge on any atom is 0.0602 e. The molecule has 0 saturated carbocycles. The van der Waals surface area contributed by atoms with Gasteiger partial charge in [0.2, 0.25) is 0 Å². The average molecular weight is 147 g/mol. The van der Waals surface area contributed by atoms with Crippen molar-refractivity contribution in [1.29, 1.82) is 0 Å². The quantitative estimate of drug-likeness (QED) is 0.300. The molecule has 60 valence electrons. The van der Waals surface area contributed by atoms with E-state index in [4.69, 9.17) is 10.2 Å². The Hall–Kier alpha value is -0.200. The first-order chi connectivity index (χ1) is 4.88. The summed E-state index contributed by atoms with van der Waals surface area (Å²) in [6.07, 6.45) is 0. The molecule has 0 amide bonds. The molecule has 5 N–H and O–H groups in total. The molecule has 1 fully saturated rings. The van der Waals surface area contributed by atoms with Crippen molar-refractivity contribution in [2.45, 2.75) is 6.04 Å². The van der Waals surface area contributed by atoms with Crippen LogP contribution in [-0.4, -0.2) is 36.0 Å². The number of hydrogen-bond acceptors (Lipinski definition) is 5. The Bertz CT molecular complexity index is 88.9. The standard InChI is InChI=1S/C5H13N3O2/c9-2-4-1-6-8-7-5(4)3-10/h4-10H,1-3H2. The molecule has 0 aromatic carbocycles. The van der Waals surface area contributed by atoms with Crippen LogP contribution in [0.15, 0.2) is 0 Å². The molecule has 1 heterocycles. The van der Waals surface area contributed by atoms with E-state index in [1.807, 2.05) is 0 Å². The van der Waals surface area contributed by atoms with Gasteiger partial charge in [0.25, 0.3) is 0 Å². The van der Waals surface area contributed by atoms with E-state index in [9.17, 15) is 0 Å². The van der Waals surface area contributed by atoms with Crippen LogP contribution in [0, 0.1) is 5.92 Å². The van der Waals surface area contributed by atoms with Crippen LogP contribution in [0.2, 0.25) is 0 Å². The summed E-state index contributed by atoms with van der Waals surface area (Å²) in [5, 5.41) is 17.5. The topological polar surface area (TPSA) is 76.5 Å². The van der Waals surface area contributed by atoms with E-state index in [0.717, 1.165) is 0 Å². The zero-order chi connectivity index (χ0) is 7.40. The van der Waals surface area contributed by atoms with E-state index < -0.39 is 0 Å². The number of hydrogen-bond donors (Lipinski definition) is 5. The molecule has 5 nitrogen and oxygen atoms in total. The minimum Gasteiger partial charge on any atom is -0.396 e. The molecule has 2 unspecified atom stereocenters. The zero-order valence-electron chi connectivity index (χ0n) is 5.67. The second-order valence-electron chi connectivity index (χ2n) is 2.38. The monoisotopic (exact) mass is 147 g/mol. The summed E-state index contributed by atoms with van der Waals surface area (Å²) in [4.78, 5) is 0. The van der Waals surface area contributed by atoms with Gasteiger partial charge < -0.3 is 10.2 Å². The van der Waals surface area contributed by atoms with Gasteiger partial charge in [-0.05, 0) is 0 Å². The van der Waals surface area contributed by atoms with E-state index in [2.05, 4.69) is 16.4 Å². The van der Waals surface area contributed by atoms with Gasteiger partial charge in [-0.15, -0.1) is 0 Å². The number of nitrogens with one attached hydrogen (secondary N) is 3. The lowest BCUT2D eigenvalue weighted by Crippen LogP contribution is -2.61. The van der Waals surface area contributed by atoms with Gasteiger partial charge in [0.15, 0.2) is 0 Å². The van der Waals surface area contributed by atoms with Crippen molar-refractivity contribution in [1.82, 2.24) is 16.4 Å². The van der Waals surface area contributed by atoms with Crippen molar-refractivity contribution in [3.8, 4) is 0 Å². The summed E-state index contributed by atoms with van der Waals surface area (Å²) in [5.74, 6) is 0.0891. The molecular weight excluding hydrogens is 134 g/mol. The van der Waals surface area contributed by atoms with E-state index in [1.165, 1.54) is 0 Å². The van der Waals surface area contributed by atoms with Gasteiger partial charge in [-0.1, -0.05) is 0 Å². The highest BCUT2D eigenvalue weighted by molar-refractivity contribution is 4.77. The first-order valence-electron chi connectivity index (χ1n) is 3.33. The molecule has 0 aromatic rings. The second kappa shape index (κ2) is 3.85. The van der Waals surface area contributed by atoms with Gasteiger partial charge in [-0.3, -0.25) is 0 Å². The van der Waals surface area contributed by atoms with E-state index in [0.29, 0.717) is 6.54 Å². The minimum atomic E-state index is -0.0498. The fourth-order valence-electron chi connectivity index (χ4n) is 0.972. The zero-order valence-corrected chi connectivity index (χ0v) is 5.67. The molecule has 1 aliphatic rings. The Balaban J connectivity index is 2.34. The molecule has 10 heavy (non-hydrogen) atoms. The lowest BCUT2D eigenvalue weighted by molar-refractivity contribution is 0.0942. The van der Waals surface area contributed by atoms with E-state index >= 15 is 0 Å². The fraction of sp³-hybridized carbons (Fsp3) is 1.00. The van der Waals surface area contributed by atoms with Crippen molar-refractivity contribution in [3.05, 3.63) is 0 Å². The van der Waals surface area contributed by atoms with Gasteiger partial charge in [0.05, 0.1) is 12.6 Å². The van der Waals surface area contributed by atoms with E-state index in [-0.39, 0.29) is 25.2 Å². The molecule has 1 rings (SSSR count).